The third kappa shape index (κ3) is 4.19. The van der Waals surface area contributed by atoms with Crippen molar-refractivity contribution in [3.8, 4) is 0 Å². The number of rotatable bonds is 2. The average molecular weight is 150 g/mol. The van der Waals surface area contributed by atoms with E-state index in [1.54, 1.807) is 6.92 Å². The maximum absolute atomic E-state index is 10.0. The molecule has 0 bridgehead atoms. The van der Waals surface area contributed by atoms with E-state index in [1.165, 1.54) is 0 Å². The van der Waals surface area contributed by atoms with Crippen molar-refractivity contribution in [3.05, 3.63) is 0 Å². The molecule has 0 fully saturated rings. The summed E-state index contributed by atoms with van der Waals surface area (Å²) in [6, 6.07) is 0. The minimum absolute atomic E-state index is 0.258. The molecule has 0 N–H and O–H groups in total. The summed E-state index contributed by atoms with van der Waals surface area (Å²) in [7, 11) is 0. The summed E-state index contributed by atoms with van der Waals surface area (Å²) in [6.45, 7) is 1.59. The molecule has 0 aromatic heterocycles. The van der Waals surface area contributed by atoms with Crippen molar-refractivity contribution in [2.45, 2.75) is 18.7 Å². The molecule has 6 heavy (non-hydrogen) atoms. The molecular weight excluding hydrogens is 143 g/mol. The first kappa shape index (κ1) is 6.19. The van der Waals surface area contributed by atoms with Gasteiger partial charge in [-0.3, -0.25) is 0 Å². The van der Waals surface area contributed by atoms with Crippen LogP contribution < -0.4 is 0 Å². The Balaban J connectivity index is 2.83. The fraction of sp³-hybridized carbons (Fsp3) is 0.750. The Labute approximate surface area is 45.9 Å². The number of carbonyl (C=O) groups is 1. The fourth-order valence-electron chi connectivity index (χ4n) is 0.144. The van der Waals surface area contributed by atoms with Gasteiger partial charge in [0, 0.05) is 0 Å². The van der Waals surface area contributed by atoms with Gasteiger partial charge in [0.1, 0.15) is 0 Å². The molecular formula is C4H7OSe. The maximum atomic E-state index is 10.0. The van der Waals surface area contributed by atoms with Crippen LogP contribution in [0.4, 0.5) is 0 Å². The van der Waals surface area contributed by atoms with Crippen LogP contribution in [0, 0.1) is 0 Å². The van der Waals surface area contributed by atoms with Crippen LogP contribution in [0.5, 0.6) is 0 Å². The molecule has 0 saturated carbocycles. The van der Waals surface area contributed by atoms with Crippen molar-refractivity contribution >= 4 is 21.8 Å². The number of carbonyl (C=O) groups excluding carboxylic acids is 1. The second-order valence-electron chi connectivity index (χ2n) is 1.16. The van der Waals surface area contributed by atoms with Crippen LogP contribution in [-0.2, 0) is 4.79 Å². The van der Waals surface area contributed by atoms with E-state index in [1.807, 2.05) is 0 Å². The van der Waals surface area contributed by atoms with Gasteiger partial charge in [0.15, 0.2) is 0 Å². The molecule has 0 aliphatic heterocycles. The van der Waals surface area contributed by atoms with E-state index < -0.39 is 0 Å². The van der Waals surface area contributed by atoms with E-state index in [9.17, 15) is 4.79 Å². The SMILES string of the molecule is CC(=O)CC[Se]. The van der Waals surface area contributed by atoms with Crippen LogP contribution in [0.2, 0.25) is 5.32 Å². The molecule has 0 aliphatic rings. The molecule has 1 radical (unpaired) electrons. The number of ketones is 1. The van der Waals surface area contributed by atoms with Gasteiger partial charge in [-0.15, -0.1) is 0 Å². The zero-order valence-electron chi connectivity index (χ0n) is 3.73. The summed E-state index contributed by atoms with van der Waals surface area (Å²) in [5.41, 5.74) is 0. The Hall–Kier alpha value is 0.189. The van der Waals surface area contributed by atoms with Crippen LogP contribution in [-0.4, -0.2) is 21.8 Å². The second-order valence-corrected chi connectivity index (χ2v) is 2.01. The van der Waals surface area contributed by atoms with Crippen molar-refractivity contribution in [2.75, 3.05) is 0 Å². The van der Waals surface area contributed by atoms with Crippen LogP contribution in [0.1, 0.15) is 13.3 Å². The molecule has 0 unspecified atom stereocenters. The van der Waals surface area contributed by atoms with Crippen molar-refractivity contribution in [1.82, 2.24) is 0 Å². The fourth-order valence-corrected chi connectivity index (χ4v) is 0.747. The van der Waals surface area contributed by atoms with Crippen molar-refractivity contribution in [2.24, 2.45) is 0 Å². The predicted octanol–water partition coefficient (Wildman–Crippen LogP) is 0.552. The zero-order chi connectivity index (χ0) is 4.99. The van der Waals surface area contributed by atoms with Gasteiger partial charge in [-0.2, -0.15) is 0 Å². The Morgan fingerprint density at radius 1 is 1.83 bits per heavy atom. The van der Waals surface area contributed by atoms with E-state index in [0.717, 1.165) is 5.32 Å². The quantitative estimate of drug-likeness (QED) is 0.525. The molecule has 0 saturated heterocycles. The van der Waals surface area contributed by atoms with Gasteiger partial charge in [0.2, 0.25) is 0 Å². The van der Waals surface area contributed by atoms with Gasteiger partial charge >= 0.3 is 45.3 Å². The Morgan fingerprint density at radius 2 is 2.33 bits per heavy atom. The average Bonchev–Trinajstić information content (AvgIpc) is 1.35. The number of Topliss-reactive ketones (excluding diaryl/α,β-unsaturated/α-hetero) is 1. The standard InChI is InChI=1S/C4H7OSe/c1-4(5)2-3-6/h2-3H2,1H3. The van der Waals surface area contributed by atoms with Gasteiger partial charge in [-0.05, 0) is 0 Å². The Bertz CT molecular complexity index is 51.5. The van der Waals surface area contributed by atoms with Crippen LogP contribution in [0.3, 0.4) is 0 Å². The van der Waals surface area contributed by atoms with Gasteiger partial charge in [-0.25, -0.2) is 0 Å². The summed E-state index contributed by atoms with van der Waals surface area (Å²) in [5, 5.41) is 0.856. The van der Waals surface area contributed by atoms with Gasteiger partial charge in [0.05, 0.1) is 0 Å². The van der Waals surface area contributed by atoms with Gasteiger partial charge in [-0.1, -0.05) is 0 Å². The Morgan fingerprint density at radius 3 is 2.33 bits per heavy atom. The van der Waals surface area contributed by atoms with Gasteiger partial charge in [0.25, 0.3) is 0 Å². The molecule has 0 aliphatic carbocycles. The molecule has 0 atom stereocenters. The molecule has 2 heteroatoms. The molecule has 1 nitrogen and oxygen atoms in total. The molecule has 0 rings (SSSR count). The van der Waals surface area contributed by atoms with Gasteiger partial charge < -0.3 is 0 Å². The predicted molar refractivity (Wildman–Crippen MR) is 25.9 cm³/mol. The minimum atomic E-state index is 0.258. The van der Waals surface area contributed by atoms with Crippen molar-refractivity contribution in [1.29, 1.82) is 0 Å². The topological polar surface area (TPSA) is 17.1 Å². The second kappa shape index (κ2) is 3.38. The summed E-state index contributed by atoms with van der Waals surface area (Å²) >= 11 is 2.75. The summed E-state index contributed by atoms with van der Waals surface area (Å²) in [5.74, 6) is 0.258. The molecule has 0 aromatic carbocycles. The van der Waals surface area contributed by atoms with E-state index in [0.29, 0.717) is 6.42 Å². The first-order valence-electron chi connectivity index (χ1n) is 1.85. The summed E-state index contributed by atoms with van der Waals surface area (Å²) in [4.78, 5) is 10.0. The zero-order valence-corrected chi connectivity index (χ0v) is 5.44. The normalized spacial score (nSPS) is 8.33. The van der Waals surface area contributed by atoms with Crippen LogP contribution >= 0.6 is 0 Å². The first-order valence-corrected chi connectivity index (χ1v) is 3.06. The van der Waals surface area contributed by atoms with Crippen LogP contribution in [0.25, 0.3) is 0 Å². The van der Waals surface area contributed by atoms with E-state index in [2.05, 4.69) is 16.0 Å². The monoisotopic (exact) mass is 151 g/mol. The van der Waals surface area contributed by atoms with E-state index in [4.69, 9.17) is 0 Å². The van der Waals surface area contributed by atoms with Crippen LogP contribution in [0.15, 0.2) is 0 Å². The van der Waals surface area contributed by atoms with E-state index >= 15 is 0 Å². The molecule has 35 valence electrons. The molecule has 0 spiro atoms. The molecule has 0 aromatic rings. The first-order chi connectivity index (χ1) is 2.77. The third-order valence-corrected chi connectivity index (χ3v) is 0.882. The van der Waals surface area contributed by atoms with Crippen molar-refractivity contribution < 1.29 is 4.79 Å². The molecule has 0 amide bonds. The molecule has 0 heterocycles. The number of hydrogen-bond acceptors (Lipinski definition) is 1. The van der Waals surface area contributed by atoms with E-state index in [-0.39, 0.29) is 5.78 Å². The Kier molecular flexibility index (Phi) is 3.49. The third-order valence-electron chi connectivity index (χ3n) is 0.454. The summed E-state index contributed by atoms with van der Waals surface area (Å²) < 4.78 is 0. The summed E-state index contributed by atoms with van der Waals surface area (Å²) in [6.07, 6.45) is 0.681. The number of hydrogen-bond donors (Lipinski definition) is 0. The van der Waals surface area contributed by atoms with Crippen molar-refractivity contribution in [3.63, 3.8) is 0 Å².